The summed E-state index contributed by atoms with van der Waals surface area (Å²) in [5.74, 6) is -2.34. The van der Waals surface area contributed by atoms with Gasteiger partial charge in [-0.3, -0.25) is 14.5 Å². The van der Waals surface area contributed by atoms with Gasteiger partial charge in [-0.15, -0.1) is 0 Å². The van der Waals surface area contributed by atoms with Gasteiger partial charge in [0.05, 0.1) is 21.8 Å². The van der Waals surface area contributed by atoms with Crippen molar-refractivity contribution in [3.05, 3.63) is 99.8 Å². The number of halogens is 2. The molecule has 4 aromatic rings. The van der Waals surface area contributed by atoms with Gasteiger partial charge in [0, 0.05) is 10.6 Å². The van der Waals surface area contributed by atoms with E-state index >= 15 is 0 Å². The zero-order valence-corrected chi connectivity index (χ0v) is 19.5. The molecule has 1 aromatic heterocycles. The van der Waals surface area contributed by atoms with Crippen molar-refractivity contribution in [2.45, 2.75) is 19.4 Å². The molecule has 1 atom stereocenters. The molecular weight excluding hydrogens is 475 g/mol. The van der Waals surface area contributed by atoms with E-state index in [0.717, 1.165) is 23.3 Å². The summed E-state index contributed by atoms with van der Waals surface area (Å²) in [6, 6.07) is 17.1. The van der Waals surface area contributed by atoms with Gasteiger partial charge in [-0.1, -0.05) is 54.1 Å². The van der Waals surface area contributed by atoms with E-state index in [1.54, 1.807) is 24.3 Å². The summed E-state index contributed by atoms with van der Waals surface area (Å²) in [5.41, 5.74) is 2.58. The fraction of sp³-hybridized carbons (Fsp3) is 0.115. The Kier molecular flexibility index (Phi) is 5.67. The topological polar surface area (TPSA) is 70.5 Å². The third-order valence-electron chi connectivity index (χ3n) is 5.81. The first-order valence-electron chi connectivity index (χ1n) is 10.6. The van der Waals surface area contributed by atoms with E-state index in [-0.39, 0.29) is 16.5 Å². The van der Waals surface area contributed by atoms with Crippen LogP contribution in [0.25, 0.3) is 16.0 Å². The minimum Gasteiger partial charge on any atom is -0.507 e. The van der Waals surface area contributed by atoms with Crippen LogP contribution >= 0.6 is 22.9 Å². The number of Topliss-reactive ketones (excluding diaryl/α,β-unsaturated/α-hetero) is 1. The standard InChI is InChI=1S/C26H18ClFN2O3S/c1-2-14-3-5-15(6-4-14)22-21(23(31)16-7-9-17(27)10-8-16)24(32)25(33)30(22)26-29-19-12-11-18(28)13-20(19)34-26/h3-13,22,31H,2H2,1H3/b23-21+. The lowest BCUT2D eigenvalue weighted by Gasteiger charge is -2.23. The number of carbonyl (C=O) groups excluding carboxylic acids is 2. The molecule has 1 fully saturated rings. The van der Waals surface area contributed by atoms with Crippen LogP contribution in [0.1, 0.15) is 29.7 Å². The van der Waals surface area contributed by atoms with Gasteiger partial charge in [0.15, 0.2) is 5.13 Å². The number of aromatic nitrogens is 1. The van der Waals surface area contributed by atoms with E-state index in [9.17, 15) is 19.1 Å². The summed E-state index contributed by atoms with van der Waals surface area (Å²) in [5, 5.41) is 11.9. The maximum absolute atomic E-state index is 13.8. The molecule has 1 N–H and O–H groups in total. The third kappa shape index (κ3) is 3.77. The summed E-state index contributed by atoms with van der Waals surface area (Å²) < 4.78 is 14.3. The summed E-state index contributed by atoms with van der Waals surface area (Å²) in [7, 11) is 0. The number of hydrogen-bond donors (Lipinski definition) is 1. The second-order valence-electron chi connectivity index (χ2n) is 7.88. The normalized spacial score (nSPS) is 17.6. The molecule has 2 heterocycles. The van der Waals surface area contributed by atoms with E-state index in [1.165, 1.54) is 23.1 Å². The number of aryl methyl sites for hydroxylation is 1. The van der Waals surface area contributed by atoms with Crippen molar-refractivity contribution in [3.8, 4) is 0 Å². The van der Waals surface area contributed by atoms with Crippen LogP contribution in [0.4, 0.5) is 9.52 Å². The molecule has 34 heavy (non-hydrogen) atoms. The van der Waals surface area contributed by atoms with Crippen LogP contribution in [0.2, 0.25) is 5.02 Å². The number of aliphatic hydroxyl groups is 1. The molecule has 1 unspecified atom stereocenters. The number of benzene rings is 3. The lowest BCUT2D eigenvalue weighted by Crippen LogP contribution is -2.29. The molecule has 170 valence electrons. The average Bonchev–Trinajstić information content (AvgIpc) is 3.37. The first kappa shape index (κ1) is 22.3. The zero-order chi connectivity index (χ0) is 24.0. The highest BCUT2D eigenvalue weighted by atomic mass is 35.5. The van der Waals surface area contributed by atoms with Crippen molar-refractivity contribution >= 4 is 55.7 Å². The van der Waals surface area contributed by atoms with Crippen LogP contribution < -0.4 is 4.90 Å². The van der Waals surface area contributed by atoms with Crippen LogP contribution in [-0.4, -0.2) is 21.8 Å². The molecule has 5 rings (SSSR count). The number of fused-ring (bicyclic) bond motifs is 1. The summed E-state index contributed by atoms with van der Waals surface area (Å²) in [6.45, 7) is 2.03. The van der Waals surface area contributed by atoms with Crippen LogP contribution in [0.3, 0.4) is 0 Å². The van der Waals surface area contributed by atoms with Crippen molar-refractivity contribution < 1.29 is 19.1 Å². The minimum atomic E-state index is -0.896. The number of amides is 1. The van der Waals surface area contributed by atoms with Gasteiger partial charge < -0.3 is 5.11 Å². The second-order valence-corrected chi connectivity index (χ2v) is 9.33. The number of carbonyl (C=O) groups is 2. The van der Waals surface area contributed by atoms with Gasteiger partial charge in [-0.2, -0.15) is 0 Å². The fourth-order valence-electron chi connectivity index (χ4n) is 4.03. The van der Waals surface area contributed by atoms with Crippen molar-refractivity contribution in [2.24, 2.45) is 0 Å². The third-order valence-corrected chi connectivity index (χ3v) is 7.08. The predicted octanol–water partition coefficient (Wildman–Crippen LogP) is 6.28. The largest absolute Gasteiger partial charge is 0.507 e. The SMILES string of the molecule is CCc1ccc(C2/C(=C(\O)c3ccc(Cl)cc3)C(=O)C(=O)N2c2nc3ccc(F)cc3s2)cc1. The molecule has 8 heteroatoms. The molecule has 0 aliphatic carbocycles. The van der Waals surface area contributed by atoms with Gasteiger partial charge in [-0.25, -0.2) is 9.37 Å². The molecule has 0 spiro atoms. The van der Waals surface area contributed by atoms with Crippen molar-refractivity contribution in [1.29, 1.82) is 0 Å². The van der Waals surface area contributed by atoms with E-state index in [4.69, 9.17) is 11.6 Å². The number of ketones is 1. The molecule has 1 aliphatic rings. The molecular formula is C26H18ClFN2O3S. The van der Waals surface area contributed by atoms with Gasteiger partial charge in [0.25, 0.3) is 5.78 Å². The molecule has 1 amide bonds. The molecule has 1 saturated heterocycles. The lowest BCUT2D eigenvalue weighted by atomic mass is 9.94. The number of rotatable bonds is 4. The highest BCUT2D eigenvalue weighted by Gasteiger charge is 2.48. The Labute approximate surface area is 203 Å². The van der Waals surface area contributed by atoms with Crippen molar-refractivity contribution in [3.63, 3.8) is 0 Å². The lowest BCUT2D eigenvalue weighted by molar-refractivity contribution is -0.132. The molecule has 0 radical (unpaired) electrons. The van der Waals surface area contributed by atoms with Crippen LogP contribution in [-0.2, 0) is 16.0 Å². The van der Waals surface area contributed by atoms with E-state index in [2.05, 4.69) is 4.98 Å². The van der Waals surface area contributed by atoms with Gasteiger partial charge >= 0.3 is 5.91 Å². The summed E-state index contributed by atoms with van der Waals surface area (Å²) >= 11 is 7.09. The maximum Gasteiger partial charge on any atom is 0.301 e. The van der Waals surface area contributed by atoms with E-state index < -0.39 is 23.5 Å². The Morgan fingerprint density at radius 3 is 2.47 bits per heavy atom. The first-order chi connectivity index (χ1) is 16.4. The minimum absolute atomic E-state index is 0.0398. The van der Waals surface area contributed by atoms with Crippen LogP contribution in [0, 0.1) is 5.82 Å². The monoisotopic (exact) mass is 492 g/mol. The quantitative estimate of drug-likeness (QED) is 0.207. The molecule has 1 aliphatic heterocycles. The Morgan fingerprint density at radius 2 is 1.79 bits per heavy atom. The smallest absolute Gasteiger partial charge is 0.301 e. The van der Waals surface area contributed by atoms with Crippen molar-refractivity contribution in [1.82, 2.24) is 4.98 Å². The fourth-order valence-corrected chi connectivity index (χ4v) is 5.18. The molecule has 5 nitrogen and oxygen atoms in total. The first-order valence-corrected chi connectivity index (χ1v) is 11.8. The highest BCUT2D eigenvalue weighted by Crippen LogP contribution is 2.44. The van der Waals surface area contributed by atoms with Gasteiger partial charge in [-0.05, 0) is 60.0 Å². The number of nitrogens with zero attached hydrogens (tertiary/aromatic N) is 2. The summed E-state index contributed by atoms with van der Waals surface area (Å²) in [6.07, 6.45) is 0.828. The number of anilines is 1. The average molecular weight is 493 g/mol. The van der Waals surface area contributed by atoms with E-state index in [0.29, 0.717) is 26.4 Å². The maximum atomic E-state index is 13.8. The Hall–Kier alpha value is -3.55. The highest BCUT2D eigenvalue weighted by molar-refractivity contribution is 7.22. The van der Waals surface area contributed by atoms with E-state index in [1.807, 2.05) is 31.2 Å². The Balaban J connectivity index is 1.72. The van der Waals surface area contributed by atoms with Crippen LogP contribution in [0.5, 0.6) is 0 Å². The van der Waals surface area contributed by atoms with Crippen LogP contribution in [0.15, 0.2) is 72.3 Å². The number of hydrogen-bond acceptors (Lipinski definition) is 5. The predicted molar refractivity (Wildman–Crippen MR) is 132 cm³/mol. The van der Waals surface area contributed by atoms with Gasteiger partial charge in [0.2, 0.25) is 0 Å². The summed E-state index contributed by atoms with van der Waals surface area (Å²) in [4.78, 5) is 32.3. The van der Waals surface area contributed by atoms with Crippen molar-refractivity contribution in [2.75, 3.05) is 4.90 Å². The molecule has 0 saturated carbocycles. The molecule has 0 bridgehead atoms. The molecule has 3 aromatic carbocycles. The van der Waals surface area contributed by atoms with Gasteiger partial charge in [0.1, 0.15) is 11.6 Å². The number of aliphatic hydroxyl groups excluding tert-OH is 1. The zero-order valence-electron chi connectivity index (χ0n) is 18.0. The Morgan fingerprint density at radius 1 is 1.09 bits per heavy atom. The second kappa shape index (κ2) is 8.66. The Bertz CT molecular complexity index is 1460. The number of thiazole rings is 1.